The van der Waals surface area contributed by atoms with Crippen molar-refractivity contribution in [2.45, 2.75) is 122 Å². The molecule has 0 aromatic carbocycles. The molecule has 11 atom stereocenters. The molecule has 0 aromatic rings. The van der Waals surface area contributed by atoms with Crippen LogP contribution in [-0.4, -0.2) is 53.0 Å². The van der Waals surface area contributed by atoms with Gasteiger partial charge in [0.2, 0.25) is 0 Å². The lowest BCUT2D eigenvalue weighted by molar-refractivity contribution is -0.252. The van der Waals surface area contributed by atoms with Crippen molar-refractivity contribution in [2.24, 2.45) is 34.5 Å². The van der Waals surface area contributed by atoms with Gasteiger partial charge >= 0.3 is 5.97 Å². The van der Waals surface area contributed by atoms with Crippen LogP contribution in [0.25, 0.3) is 0 Å². The molecule has 6 rings (SSSR count). The van der Waals surface area contributed by atoms with Crippen LogP contribution in [0, 0.1) is 34.5 Å². The Hall–Kier alpha value is -0.950. The monoisotopic (exact) mass is 488 g/mol. The summed E-state index contributed by atoms with van der Waals surface area (Å²) in [5.41, 5.74) is 0.537. The molecule has 1 unspecified atom stereocenters. The van der Waals surface area contributed by atoms with E-state index < -0.39 is 5.60 Å². The van der Waals surface area contributed by atoms with Gasteiger partial charge in [-0.15, -0.1) is 0 Å². The summed E-state index contributed by atoms with van der Waals surface area (Å²) in [5.74, 6) is 1.56. The number of rotatable bonds is 3. The van der Waals surface area contributed by atoms with Gasteiger partial charge in [0.25, 0.3) is 0 Å². The lowest BCUT2D eigenvalue weighted by atomic mass is 9.43. The Labute approximate surface area is 209 Å². The second-order valence-electron chi connectivity index (χ2n) is 13.2. The third kappa shape index (κ3) is 3.68. The van der Waals surface area contributed by atoms with Crippen molar-refractivity contribution in [3.63, 3.8) is 0 Å². The van der Waals surface area contributed by atoms with Crippen LogP contribution >= 0.6 is 0 Å². The number of cyclic esters (lactones) is 1. The molecule has 4 saturated carbocycles. The van der Waals surface area contributed by atoms with Crippen molar-refractivity contribution >= 4 is 5.97 Å². The highest BCUT2D eigenvalue weighted by atomic mass is 16.7. The highest BCUT2D eigenvalue weighted by Crippen LogP contribution is 2.70. The van der Waals surface area contributed by atoms with E-state index in [9.17, 15) is 15.0 Å². The molecular formula is C29H44O6. The second kappa shape index (κ2) is 8.54. The summed E-state index contributed by atoms with van der Waals surface area (Å²) in [6, 6.07) is 0. The molecule has 0 aromatic heterocycles. The van der Waals surface area contributed by atoms with Crippen molar-refractivity contribution < 1.29 is 29.2 Å². The number of hydrogen-bond donors (Lipinski definition) is 2. The van der Waals surface area contributed by atoms with E-state index >= 15 is 0 Å². The summed E-state index contributed by atoms with van der Waals surface area (Å²) in [7, 11) is 0. The molecule has 4 aliphatic carbocycles. The lowest BCUT2D eigenvalue weighted by Crippen LogP contribution is -2.62. The summed E-state index contributed by atoms with van der Waals surface area (Å²) >= 11 is 0. The lowest BCUT2D eigenvalue weighted by Gasteiger charge is -2.63. The molecule has 0 spiro atoms. The first-order chi connectivity index (χ1) is 16.6. The number of ether oxygens (including phenoxy) is 3. The van der Waals surface area contributed by atoms with Gasteiger partial charge in [-0.1, -0.05) is 13.8 Å². The maximum absolute atomic E-state index is 12.4. The first-order valence-electron chi connectivity index (χ1n) is 14.2. The average molecular weight is 489 g/mol. The van der Waals surface area contributed by atoms with Crippen LogP contribution < -0.4 is 0 Å². The molecular weight excluding hydrogens is 444 g/mol. The number of aliphatic hydroxyl groups is 2. The molecule has 0 amide bonds. The topological polar surface area (TPSA) is 85.2 Å². The van der Waals surface area contributed by atoms with Crippen LogP contribution in [-0.2, 0) is 19.0 Å². The normalized spacial score (nSPS) is 53.9. The van der Waals surface area contributed by atoms with E-state index in [4.69, 9.17) is 14.2 Å². The van der Waals surface area contributed by atoms with Crippen LogP contribution in [0.5, 0.6) is 0 Å². The van der Waals surface area contributed by atoms with Crippen molar-refractivity contribution in [3.05, 3.63) is 11.6 Å². The van der Waals surface area contributed by atoms with E-state index in [0.29, 0.717) is 24.4 Å². The van der Waals surface area contributed by atoms with Gasteiger partial charge in [0.15, 0.2) is 6.29 Å². The molecule has 35 heavy (non-hydrogen) atoms. The summed E-state index contributed by atoms with van der Waals surface area (Å²) in [4.78, 5) is 11.8. The Bertz CT molecular complexity index is 886. The minimum atomic E-state index is -0.651. The summed E-state index contributed by atoms with van der Waals surface area (Å²) in [5, 5.41) is 22.3. The van der Waals surface area contributed by atoms with Crippen LogP contribution in [0.2, 0.25) is 0 Å². The van der Waals surface area contributed by atoms with Gasteiger partial charge in [0.1, 0.15) is 6.61 Å². The molecule has 2 N–H and O–H groups in total. The molecule has 6 nitrogen and oxygen atoms in total. The summed E-state index contributed by atoms with van der Waals surface area (Å²) in [6.07, 6.45) is 12.3. The fraction of sp³-hybridized carbons (Fsp3) is 0.897. The van der Waals surface area contributed by atoms with Gasteiger partial charge in [-0.2, -0.15) is 0 Å². The van der Waals surface area contributed by atoms with E-state index in [-0.39, 0.29) is 47.3 Å². The Morgan fingerprint density at radius 2 is 1.83 bits per heavy atom. The Morgan fingerprint density at radius 1 is 1.00 bits per heavy atom. The number of fused-ring (bicyclic) bond motifs is 5. The number of carbonyl (C=O) groups is 1. The number of aliphatic hydroxyl groups excluding tert-OH is 1. The van der Waals surface area contributed by atoms with Crippen molar-refractivity contribution in [1.82, 2.24) is 0 Å². The van der Waals surface area contributed by atoms with Crippen molar-refractivity contribution in [1.29, 1.82) is 0 Å². The predicted molar refractivity (Wildman–Crippen MR) is 130 cm³/mol. The molecule has 6 heteroatoms. The fourth-order valence-corrected chi connectivity index (χ4v) is 9.75. The quantitative estimate of drug-likeness (QED) is 0.449. The highest BCUT2D eigenvalue weighted by molar-refractivity contribution is 5.85. The van der Waals surface area contributed by atoms with Gasteiger partial charge in [-0.05, 0) is 106 Å². The minimum absolute atomic E-state index is 0.157. The molecule has 1 saturated heterocycles. The molecule has 196 valence electrons. The van der Waals surface area contributed by atoms with Crippen LogP contribution in [0.3, 0.4) is 0 Å². The standard InChI is InChI=1S/C29H44O6/c1-17-24(30)6-7-26(34-17)35-20-8-11-27(2)19(15-20)4-5-23-22(27)9-12-28(3)21(10-13-29(23,28)32)18-14-25(31)33-16-18/h14,17,19-24,26,30,32H,4-13,15-16H2,1-3H3/t17-,19-,20-,21+,22-,23+,24+,26-,27+,28+,29?/m0/s1. The van der Waals surface area contributed by atoms with Crippen molar-refractivity contribution in [2.75, 3.05) is 6.61 Å². The van der Waals surface area contributed by atoms with Gasteiger partial charge in [-0.3, -0.25) is 0 Å². The van der Waals surface area contributed by atoms with E-state index in [1.165, 1.54) is 6.42 Å². The predicted octanol–water partition coefficient (Wildman–Crippen LogP) is 4.51. The molecule has 2 heterocycles. The maximum Gasteiger partial charge on any atom is 0.331 e. The van der Waals surface area contributed by atoms with E-state index in [1.807, 2.05) is 6.92 Å². The van der Waals surface area contributed by atoms with Crippen molar-refractivity contribution in [3.8, 4) is 0 Å². The molecule has 5 fully saturated rings. The van der Waals surface area contributed by atoms with E-state index in [1.54, 1.807) is 6.08 Å². The SMILES string of the molecule is C[C@@H]1O[C@@H](O[C@H]2CC[C@]3(C)[C@@H](CC[C@@H]4[C@@H]3CC[C@]3(C)[C@@H](C5=CC(=O)OC5)CCC43O)C2)CC[C@H]1O. The van der Waals surface area contributed by atoms with Crippen LogP contribution in [0.15, 0.2) is 11.6 Å². The average Bonchev–Trinajstić information content (AvgIpc) is 3.36. The largest absolute Gasteiger partial charge is 0.458 e. The Balaban J connectivity index is 1.16. The molecule has 6 aliphatic rings. The third-order valence-corrected chi connectivity index (χ3v) is 11.9. The van der Waals surface area contributed by atoms with Crippen LogP contribution in [0.1, 0.15) is 91.4 Å². The Kier molecular flexibility index (Phi) is 5.95. The molecule has 0 bridgehead atoms. The number of carbonyl (C=O) groups excluding carboxylic acids is 1. The highest BCUT2D eigenvalue weighted by Gasteiger charge is 2.67. The minimum Gasteiger partial charge on any atom is -0.458 e. The summed E-state index contributed by atoms with van der Waals surface area (Å²) in [6.45, 7) is 7.14. The third-order valence-electron chi connectivity index (χ3n) is 11.9. The smallest absolute Gasteiger partial charge is 0.331 e. The van der Waals surface area contributed by atoms with Gasteiger partial charge < -0.3 is 24.4 Å². The number of hydrogen-bond acceptors (Lipinski definition) is 6. The second-order valence-corrected chi connectivity index (χ2v) is 13.2. The van der Waals surface area contributed by atoms with Gasteiger partial charge in [-0.25, -0.2) is 4.79 Å². The fourth-order valence-electron chi connectivity index (χ4n) is 9.75. The first-order valence-corrected chi connectivity index (χ1v) is 14.2. The molecule has 0 radical (unpaired) electrons. The maximum atomic E-state index is 12.4. The number of esters is 1. The van der Waals surface area contributed by atoms with E-state index in [0.717, 1.165) is 69.8 Å². The van der Waals surface area contributed by atoms with Gasteiger partial charge in [0.05, 0.1) is 23.9 Å². The molecule has 2 aliphatic heterocycles. The first kappa shape index (κ1) is 24.4. The zero-order chi connectivity index (χ0) is 24.6. The van der Waals surface area contributed by atoms with Crippen LogP contribution in [0.4, 0.5) is 0 Å². The zero-order valence-corrected chi connectivity index (χ0v) is 21.7. The van der Waals surface area contributed by atoms with E-state index in [2.05, 4.69) is 13.8 Å². The Morgan fingerprint density at radius 3 is 2.57 bits per heavy atom. The zero-order valence-electron chi connectivity index (χ0n) is 21.7. The van der Waals surface area contributed by atoms with Gasteiger partial charge in [0, 0.05) is 17.9 Å². The summed E-state index contributed by atoms with van der Waals surface area (Å²) < 4.78 is 17.6.